The van der Waals surface area contributed by atoms with Crippen LogP contribution in [0.5, 0.6) is 23.0 Å². The van der Waals surface area contributed by atoms with Gasteiger partial charge < -0.3 is 142 Å². The molecule has 53 nitrogen and oxygen atoms in total. The minimum Gasteiger partial charge on any atom is -0.508 e. The summed E-state index contributed by atoms with van der Waals surface area (Å²) < 4.78 is 12.1. The Morgan fingerprint density at radius 1 is 0.478 bits per heavy atom. The lowest BCUT2D eigenvalue weighted by Crippen LogP contribution is -2.61. The number of rotatable bonds is 51. The van der Waals surface area contributed by atoms with Crippen molar-refractivity contribution in [1.29, 1.82) is 5.41 Å². The average molecular weight is 1930 g/mol. The van der Waals surface area contributed by atoms with Crippen LogP contribution in [0.2, 0.25) is 0 Å². The largest absolute Gasteiger partial charge is 0.508 e. The summed E-state index contributed by atoms with van der Waals surface area (Å²) in [6.45, 7) is 10.1. The van der Waals surface area contributed by atoms with Crippen molar-refractivity contribution in [3.8, 4) is 23.0 Å². The third-order valence-corrected chi connectivity index (χ3v) is 21.8. The number of phenols is 2. The standard InChI is InChI=1S/C85H113N25O28/c1-10-38(4)67(80(132)106-58(31-62(87)114)77(129)103-53(20-23-64(116)117)74(126)96-39(5)68(120)93-34-63(115)100-55(81(133)134)12-11-25-92-83(88)89)108-75(127)54(21-24-65(118)119)101-69(121)40(6)98-76(128)56(27-44-32-90-35-94-44)104-70(122)42(8)99-84(136)110(9)109-78(130)57(28-45-33-91-36-95-45)105-79(131)66(37(2)3)107-71(123)41(7)97-73(125)52(19-22-61(86)113)102-72(124)43-13-16-48-51(26-43)85(138-82(48)135)49-17-14-46(111)29-59(49)137-60-30-47(112)15-18-50(60)85/h13-18,26,29-30,32-33,35-42,52-58,66-67,111-112H,10-12,19-25,27-28,31,34H2,1-9H3,(H2,86,113)(H2,87,114)(H,90,94)(H,91,95)(H,93,120)(H,96,126)(H,97,125)(H,98,128)(H,99,136)(H,100,115)(H,101,121)(H,102,124)(H,103,129)(H,104,122)(H,105,131)(H,106,132)(H,107,123)(H,108,127)(H,109,130)(H,116,117)(H,118,119)(H,133,134)(H4,88,89,92)/t38-,39-,40-,41-,42-,52-,53-,54-,55-,56-,57-,58-,66-,67-/m0/s1. The molecular weight excluding hydrogens is 1820 g/mol. The number of benzene rings is 3. The summed E-state index contributed by atoms with van der Waals surface area (Å²) in [6.07, 6.45) is -0.163. The van der Waals surface area contributed by atoms with Crippen LogP contribution < -0.4 is 107 Å². The second kappa shape index (κ2) is 50.0. The van der Waals surface area contributed by atoms with Gasteiger partial charge in [0.2, 0.25) is 82.7 Å². The van der Waals surface area contributed by atoms with E-state index in [0.29, 0.717) is 5.01 Å². The number of carbonyl (C=O) groups excluding carboxylic acids is 18. The van der Waals surface area contributed by atoms with Crippen LogP contribution in [0.1, 0.15) is 168 Å². The first-order chi connectivity index (χ1) is 65.0. The van der Waals surface area contributed by atoms with Gasteiger partial charge in [-0.2, -0.15) is 0 Å². The van der Waals surface area contributed by atoms with Crippen LogP contribution >= 0.6 is 0 Å². The normalized spacial score (nSPS) is 14.9. The zero-order chi connectivity index (χ0) is 102. The lowest BCUT2D eigenvalue weighted by atomic mass is 9.77. The smallest absolute Gasteiger partial charge is 0.340 e. The average Bonchev–Trinajstić information content (AvgIpc) is 1.54. The van der Waals surface area contributed by atoms with Crippen molar-refractivity contribution in [2.45, 2.75) is 217 Å². The van der Waals surface area contributed by atoms with Crippen molar-refractivity contribution >= 4 is 130 Å². The molecule has 0 aliphatic carbocycles. The molecule has 0 unspecified atom stereocenters. The number of urea groups is 1. The fourth-order valence-corrected chi connectivity index (χ4v) is 14.1. The second-order valence-corrected chi connectivity index (χ2v) is 32.9. The number of carboxylic acids is 3. The van der Waals surface area contributed by atoms with E-state index in [4.69, 9.17) is 32.1 Å². The van der Waals surface area contributed by atoms with Crippen LogP contribution in [0.15, 0.2) is 79.6 Å². The van der Waals surface area contributed by atoms with Crippen LogP contribution in [0.3, 0.4) is 0 Å². The van der Waals surface area contributed by atoms with Gasteiger partial charge in [0.05, 0.1) is 42.6 Å². The van der Waals surface area contributed by atoms with Gasteiger partial charge in [-0.15, -0.1) is 0 Å². The zero-order valence-electron chi connectivity index (χ0n) is 76.3. The molecule has 2 aromatic heterocycles. The number of fused-ring (bicyclic) bond motifs is 6. The number of primary amides is 2. The number of carbonyl (C=O) groups is 21. The van der Waals surface area contributed by atoms with Crippen molar-refractivity contribution in [2.24, 2.45) is 29.0 Å². The predicted molar refractivity (Wildman–Crippen MR) is 476 cm³/mol. The fourth-order valence-electron chi connectivity index (χ4n) is 14.1. The highest BCUT2D eigenvalue weighted by atomic mass is 16.6. The Morgan fingerprint density at radius 2 is 0.935 bits per heavy atom. The number of hydrogen-bond donors (Lipinski definition) is 27. The number of aromatic nitrogens is 4. The van der Waals surface area contributed by atoms with Crippen LogP contribution in [0.25, 0.3) is 0 Å². The molecule has 30 N–H and O–H groups in total. The Hall–Kier alpha value is -16.6. The summed E-state index contributed by atoms with van der Waals surface area (Å²) in [5.74, 6) is -24.7. The molecule has 14 atom stereocenters. The maximum Gasteiger partial charge on any atom is 0.340 e. The summed E-state index contributed by atoms with van der Waals surface area (Å²) >= 11 is 0. The van der Waals surface area contributed by atoms with Gasteiger partial charge >= 0.3 is 29.9 Å². The molecule has 0 bridgehead atoms. The number of amides is 18. The molecule has 3 aromatic carbocycles. The number of H-pyrrole nitrogens is 2. The van der Waals surface area contributed by atoms with E-state index in [1.165, 1.54) is 114 Å². The third kappa shape index (κ3) is 31.0. The summed E-state index contributed by atoms with van der Waals surface area (Å²) in [5.41, 5.74) is 17.6. The molecule has 0 saturated heterocycles. The Morgan fingerprint density at radius 3 is 1.43 bits per heavy atom. The van der Waals surface area contributed by atoms with Crippen LogP contribution in [0, 0.1) is 17.2 Å². The number of aromatic amines is 2. The highest BCUT2D eigenvalue weighted by molar-refractivity contribution is 6.04. The summed E-state index contributed by atoms with van der Waals surface area (Å²) in [4.78, 5) is 297. The molecule has 1 spiro atoms. The quantitative estimate of drug-likeness (QED) is 0.00567. The Labute approximate surface area is 786 Å². The van der Waals surface area contributed by atoms with E-state index in [2.05, 4.69) is 105 Å². The van der Waals surface area contributed by atoms with E-state index in [1.807, 2.05) is 0 Å². The first-order valence-electron chi connectivity index (χ1n) is 43.3. The molecule has 2 aliphatic heterocycles. The topological polar surface area (TPSA) is 833 Å². The predicted octanol–water partition coefficient (Wildman–Crippen LogP) is -5.81. The van der Waals surface area contributed by atoms with Gasteiger partial charge in [-0.3, -0.25) is 97.1 Å². The van der Waals surface area contributed by atoms with E-state index in [9.17, 15) is 126 Å². The molecule has 746 valence electrons. The van der Waals surface area contributed by atoms with E-state index < -0.39 is 278 Å². The number of esters is 1. The summed E-state index contributed by atoms with van der Waals surface area (Å²) in [7, 11) is 1.05. The molecular formula is C85H113N25O28. The number of nitrogens with two attached hydrogens (primary N) is 3. The summed E-state index contributed by atoms with van der Waals surface area (Å²) in [6, 6.07) is -10.4. The molecule has 4 heterocycles. The number of hydrazine groups is 1. The Balaban J connectivity index is 0.955. The first-order valence-corrected chi connectivity index (χ1v) is 43.3. The van der Waals surface area contributed by atoms with Gasteiger partial charge in [-0.1, -0.05) is 34.1 Å². The van der Waals surface area contributed by atoms with Gasteiger partial charge in [-0.25, -0.2) is 29.4 Å². The Bertz CT molecular complexity index is 5350. The molecule has 0 radical (unpaired) electrons. The number of imidazole rings is 2. The molecule has 53 heteroatoms. The fraction of sp³-hybridized carbons (Fsp3) is 0.459. The van der Waals surface area contributed by atoms with Crippen LogP contribution in [0.4, 0.5) is 4.79 Å². The number of phenolic OH excluding ortho intramolecular Hbond substituents is 2. The number of ether oxygens (including phenoxy) is 2. The highest BCUT2D eigenvalue weighted by Crippen LogP contribution is 2.57. The maximum absolute atomic E-state index is 14.4. The van der Waals surface area contributed by atoms with Gasteiger partial charge in [0.1, 0.15) is 102 Å². The molecule has 0 saturated carbocycles. The number of carboxylic acid groups (broad SMARTS) is 3. The monoisotopic (exact) mass is 1930 g/mol. The van der Waals surface area contributed by atoms with E-state index in [1.54, 1.807) is 6.92 Å². The number of aromatic hydroxyl groups is 2. The van der Waals surface area contributed by atoms with Crippen LogP contribution in [-0.4, -0.2) is 280 Å². The maximum atomic E-state index is 14.4. The van der Waals surface area contributed by atoms with Gasteiger partial charge in [0, 0.05) is 92.5 Å². The molecule has 18 amide bonds. The van der Waals surface area contributed by atoms with Gasteiger partial charge in [0.25, 0.3) is 11.8 Å². The minimum absolute atomic E-state index is 0.0266. The lowest BCUT2D eigenvalue weighted by Gasteiger charge is -2.36. The summed E-state index contributed by atoms with van der Waals surface area (Å²) in [5, 5.41) is 93.1. The first kappa shape index (κ1) is 108. The van der Waals surface area contributed by atoms with E-state index in [-0.39, 0.29) is 100 Å². The molecule has 5 aromatic rings. The van der Waals surface area contributed by atoms with Gasteiger partial charge in [-0.05, 0) is 114 Å². The number of aliphatic carboxylic acids is 3. The molecule has 138 heavy (non-hydrogen) atoms. The second-order valence-electron chi connectivity index (χ2n) is 32.9. The van der Waals surface area contributed by atoms with Crippen LogP contribution in [-0.2, 0) is 109 Å². The number of nitrogens with zero attached hydrogens (tertiary/aromatic N) is 3. The van der Waals surface area contributed by atoms with E-state index in [0.717, 1.165) is 20.9 Å². The third-order valence-electron chi connectivity index (χ3n) is 21.8. The minimum atomic E-state index is -1.99. The number of hydrogen-bond acceptors (Lipinski definition) is 28. The SMILES string of the molecule is CC[C@H](C)[C@H](NC(=O)[C@H](CCC(=O)O)NC(=O)[C@H](C)NC(=O)[C@H](Cc1c[nH]cn1)NC(=O)[C@H](C)NC(=O)N(C)NC(=O)[C@H](Cc1c[nH]cn1)NC(=O)[C@@H](NC(=O)[C@H](C)NC(=O)[C@H](CCC(N)=O)NC(=O)c1ccc2c(c1)C1(OC2=O)c2ccc(O)cc2Oc2cc(O)ccc21)C(C)C)C(=O)N[C@@H](CC(N)=O)C(=O)N[C@@H](CCC(=O)O)C(=O)N[C@@H](C)C(=O)NCC(=O)N[C@@H](CCCNC(=N)N)C(=O)O. The van der Waals surface area contributed by atoms with Crippen molar-refractivity contribution in [2.75, 3.05) is 20.1 Å². The highest BCUT2D eigenvalue weighted by Gasteiger charge is 2.54. The number of guanidine groups is 1. The Kier molecular flexibility index (Phi) is 39.3. The van der Waals surface area contributed by atoms with Crippen molar-refractivity contribution in [3.63, 3.8) is 0 Å². The van der Waals surface area contributed by atoms with Gasteiger partial charge in [0.15, 0.2) is 11.6 Å². The van der Waals surface area contributed by atoms with Crippen molar-refractivity contribution in [3.05, 3.63) is 119 Å². The number of nitrogens with one attached hydrogen (secondary N) is 19. The van der Waals surface area contributed by atoms with E-state index >= 15 is 0 Å². The van der Waals surface area contributed by atoms with Crippen molar-refractivity contribution in [1.82, 2.24) is 110 Å². The lowest BCUT2D eigenvalue weighted by molar-refractivity contribution is -0.142. The molecule has 7 rings (SSSR count). The van der Waals surface area contributed by atoms with Crippen molar-refractivity contribution < 1.29 is 136 Å². The zero-order valence-corrected chi connectivity index (χ0v) is 76.3. The molecule has 0 fully saturated rings. The molecule has 2 aliphatic rings.